The Balaban J connectivity index is 0.00000256. The molecule has 158 valence electrons. The summed E-state index contributed by atoms with van der Waals surface area (Å²) in [5.41, 5.74) is 3.55. The molecule has 3 aromatic rings. The summed E-state index contributed by atoms with van der Waals surface area (Å²) >= 11 is 0. The number of aromatic nitrogens is 2. The van der Waals surface area contributed by atoms with Crippen LogP contribution in [0.1, 0.15) is 34.9 Å². The van der Waals surface area contributed by atoms with Gasteiger partial charge in [0.05, 0.1) is 6.04 Å². The van der Waals surface area contributed by atoms with Gasteiger partial charge in [-0.15, -0.1) is 12.4 Å². The van der Waals surface area contributed by atoms with E-state index in [0.29, 0.717) is 11.7 Å². The van der Waals surface area contributed by atoms with E-state index in [1.165, 1.54) is 5.56 Å². The van der Waals surface area contributed by atoms with Crippen molar-refractivity contribution in [2.45, 2.75) is 25.3 Å². The first-order chi connectivity index (χ1) is 14.3. The van der Waals surface area contributed by atoms with Crippen molar-refractivity contribution in [2.24, 2.45) is 0 Å². The maximum atomic E-state index is 12.5. The van der Waals surface area contributed by atoms with Gasteiger partial charge in [-0.3, -0.25) is 9.48 Å². The maximum absolute atomic E-state index is 12.5. The Hall–Kier alpha value is -2.83. The fourth-order valence-corrected chi connectivity index (χ4v) is 3.58. The highest BCUT2D eigenvalue weighted by Gasteiger charge is 2.17. The number of halogens is 1. The van der Waals surface area contributed by atoms with Gasteiger partial charge in [0.1, 0.15) is 0 Å². The number of amides is 1. The van der Waals surface area contributed by atoms with Crippen LogP contribution in [0.15, 0.2) is 66.9 Å². The number of anilines is 2. The molecule has 1 fully saturated rings. The first-order valence-electron chi connectivity index (χ1n) is 10.2. The minimum atomic E-state index is -0.183. The Labute approximate surface area is 183 Å². The van der Waals surface area contributed by atoms with E-state index in [4.69, 9.17) is 0 Å². The lowest BCUT2D eigenvalue weighted by molar-refractivity contribution is 0.102. The highest BCUT2D eigenvalue weighted by atomic mass is 35.5. The van der Waals surface area contributed by atoms with E-state index in [0.717, 1.165) is 50.3 Å². The number of benzene rings is 2. The summed E-state index contributed by atoms with van der Waals surface area (Å²) < 4.78 is 1.90. The molecular weight excluding hydrogens is 398 g/mol. The highest BCUT2D eigenvalue weighted by molar-refractivity contribution is 6.02. The van der Waals surface area contributed by atoms with Gasteiger partial charge in [0.2, 0.25) is 0 Å². The van der Waals surface area contributed by atoms with E-state index in [1.54, 1.807) is 6.07 Å². The van der Waals surface area contributed by atoms with Gasteiger partial charge in [0.25, 0.3) is 5.91 Å². The van der Waals surface area contributed by atoms with Crippen molar-refractivity contribution < 1.29 is 4.79 Å². The van der Waals surface area contributed by atoms with Crippen LogP contribution in [0.25, 0.3) is 0 Å². The van der Waals surface area contributed by atoms with E-state index in [1.807, 2.05) is 41.2 Å². The number of hydrogen-bond acceptors (Lipinski definition) is 4. The minimum absolute atomic E-state index is 0. The molecule has 1 aliphatic rings. The Morgan fingerprint density at radius 2 is 1.83 bits per heavy atom. The van der Waals surface area contributed by atoms with Crippen LogP contribution in [0.4, 0.5) is 11.4 Å². The molecule has 1 unspecified atom stereocenters. The van der Waals surface area contributed by atoms with E-state index in [-0.39, 0.29) is 18.3 Å². The van der Waals surface area contributed by atoms with Gasteiger partial charge in [0.15, 0.2) is 5.69 Å². The van der Waals surface area contributed by atoms with Crippen molar-refractivity contribution in [2.75, 3.05) is 30.3 Å². The van der Waals surface area contributed by atoms with Crippen LogP contribution in [0.2, 0.25) is 0 Å². The third-order valence-electron chi connectivity index (χ3n) is 5.21. The SMILES string of the molecule is Cl.O=C(Nc1ccc(NCCc2ccccc2)cc1)c1ccn(C2CCCNC2)n1. The fourth-order valence-electron chi connectivity index (χ4n) is 3.58. The van der Waals surface area contributed by atoms with Crippen molar-refractivity contribution in [3.8, 4) is 0 Å². The molecule has 0 saturated carbocycles. The normalized spacial score (nSPS) is 15.8. The molecule has 3 N–H and O–H groups in total. The Bertz CT molecular complexity index is 920. The summed E-state index contributed by atoms with van der Waals surface area (Å²) in [6.45, 7) is 2.83. The minimum Gasteiger partial charge on any atom is -0.385 e. The molecule has 1 saturated heterocycles. The van der Waals surface area contributed by atoms with Gasteiger partial charge in [-0.25, -0.2) is 0 Å². The lowest BCUT2D eigenvalue weighted by atomic mass is 10.1. The molecule has 1 amide bonds. The van der Waals surface area contributed by atoms with Crippen LogP contribution in [-0.4, -0.2) is 35.3 Å². The monoisotopic (exact) mass is 425 g/mol. The average Bonchev–Trinajstić information content (AvgIpc) is 3.27. The third-order valence-corrected chi connectivity index (χ3v) is 5.21. The van der Waals surface area contributed by atoms with E-state index in [9.17, 15) is 4.79 Å². The van der Waals surface area contributed by atoms with Crippen LogP contribution in [0.5, 0.6) is 0 Å². The van der Waals surface area contributed by atoms with Gasteiger partial charge in [0, 0.05) is 30.7 Å². The second kappa shape index (κ2) is 10.8. The van der Waals surface area contributed by atoms with Crippen molar-refractivity contribution >= 4 is 29.7 Å². The molecule has 7 heteroatoms. The van der Waals surface area contributed by atoms with Crippen LogP contribution < -0.4 is 16.0 Å². The zero-order chi connectivity index (χ0) is 19.9. The lowest BCUT2D eigenvalue weighted by Gasteiger charge is -2.22. The number of carbonyl (C=O) groups is 1. The van der Waals surface area contributed by atoms with Crippen LogP contribution in [0.3, 0.4) is 0 Å². The van der Waals surface area contributed by atoms with Crippen LogP contribution in [-0.2, 0) is 6.42 Å². The molecule has 2 heterocycles. The highest BCUT2D eigenvalue weighted by Crippen LogP contribution is 2.17. The maximum Gasteiger partial charge on any atom is 0.276 e. The summed E-state index contributed by atoms with van der Waals surface area (Å²) in [6.07, 6.45) is 5.09. The molecule has 2 aromatic carbocycles. The molecule has 1 atom stereocenters. The Morgan fingerprint density at radius 1 is 1.07 bits per heavy atom. The first kappa shape index (κ1) is 21.9. The van der Waals surface area contributed by atoms with Gasteiger partial charge in [-0.1, -0.05) is 30.3 Å². The predicted molar refractivity (Wildman–Crippen MR) is 124 cm³/mol. The number of nitrogens with one attached hydrogen (secondary N) is 3. The second-order valence-corrected chi connectivity index (χ2v) is 7.38. The summed E-state index contributed by atoms with van der Waals surface area (Å²) in [7, 11) is 0. The van der Waals surface area contributed by atoms with Crippen molar-refractivity contribution in [1.82, 2.24) is 15.1 Å². The molecule has 4 rings (SSSR count). The largest absolute Gasteiger partial charge is 0.385 e. The zero-order valence-corrected chi connectivity index (χ0v) is 17.7. The molecular formula is C23H28ClN5O. The van der Waals surface area contributed by atoms with Gasteiger partial charge < -0.3 is 16.0 Å². The average molecular weight is 426 g/mol. The molecule has 30 heavy (non-hydrogen) atoms. The number of hydrogen-bond donors (Lipinski definition) is 3. The molecule has 1 aliphatic heterocycles. The Morgan fingerprint density at radius 3 is 2.57 bits per heavy atom. The smallest absolute Gasteiger partial charge is 0.276 e. The summed E-state index contributed by atoms with van der Waals surface area (Å²) in [4.78, 5) is 12.5. The lowest BCUT2D eigenvalue weighted by Crippen LogP contribution is -2.32. The number of piperidine rings is 1. The van der Waals surface area contributed by atoms with E-state index in [2.05, 4.69) is 45.3 Å². The van der Waals surface area contributed by atoms with Crippen LogP contribution >= 0.6 is 12.4 Å². The third kappa shape index (κ3) is 5.84. The second-order valence-electron chi connectivity index (χ2n) is 7.38. The van der Waals surface area contributed by atoms with Gasteiger partial charge >= 0.3 is 0 Å². The quantitative estimate of drug-likeness (QED) is 0.532. The first-order valence-corrected chi connectivity index (χ1v) is 10.2. The van der Waals surface area contributed by atoms with Crippen molar-refractivity contribution in [3.63, 3.8) is 0 Å². The number of carbonyl (C=O) groups excluding carboxylic acids is 1. The molecule has 0 spiro atoms. The zero-order valence-electron chi connectivity index (χ0n) is 16.9. The molecule has 6 nitrogen and oxygen atoms in total. The van der Waals surface area contributed by atoms with Gasteiger partial charge in [-0.2, -0.15) is 5.10 Å². The molecule has 0 aliphatic carbocycles. The molecule has 0 bridgehead atoms. The summed E-state index contributed by atoms with van der Waals surface area (Å²) in [5.74, 6) is -0.183. The van der Waals surface area contributed by atoms with E-state index < -0.39 is 0 Å². The van der Waals surface area contributed by atoms with Crippen LogP contribution in [0, 0.1) is 0 Å². The number of rotatable bonds is 7. The topological polar surface area (TPSA) is 71.0 Å². The van der Waals surface area contributed by atoms with Gasteiger partial charge in [-0.05, 0) is 61.7 Å². The van der Waals surface area contributed by atoms with Crippen molar-refractivity contribution in [3.05, 3.63) is 78.1 Å². The predicted octanol–water partition coefficient (Wildman–Crippen LogP) is 4.14. The summed E-state index contributed by atoms with van der Waals surface area (Å²) in [6, 6.07) is 20.3. The standard InChI is InChI=1S/C23H27N5O.ClH/c29-23(22-13-16-28(27-22)21-7-4-14-24-17-21)26-20-10-8-19(9-11-20)25-15-12-18-5-2-1-3-6-18;/h1-3,5-6,8-11,13,16,21,24-25H,4,7,12,14-15,17H2,(H,26,29);1H. The summed E-state index contributed by atoms with van der Waals surface area (Å²) in [5, 5.41) is 14.2. The molecule has 0 radical (unpaired) electrons. The number of nitrogens with zero attached hydrogens (tertiary/aromatic N) is 2. The molecule has 1 aromatic heterocycles. The fraction of sp³-hybridized carbons (Fsp3) is 0.304. The Kier molecular flexibility index (Phi) is 7.88. The van der Waals surface area contributed by atoms with E-state index >= 15 is 0 Å². The van der Waals surface area contributed by atoms with Crippen molar-refractivity contribution in [1.29, 1.82) is 0 Å².